The van der Waals surface area contributed by atoms with Crippen molar-refractivity contribution in [3.63, 3.8) is 0 Å². The van der Waals surface area contributed by atoms with Crippen LogP contribution in [0.2, 0.25) is 0 Å². The number of nitrogens with one attached hydrogen (secondary N) is 1. The van der Waals surface area contributed by atoms with Gasteiger partial charge in [0.15, 0.2) is 11.6 Å². The lowest BCUT2D eigenvalue weighted by molar-refractivity contribution is 0.102. The Morgan fingerprint density at radius 3 is 2.79 bits per heavy atom. The van der Waals surface area contributed by atoms with E-state index in [0.29, 0.717) is 16.8 Å². The zero-order chi connectivity index (χ0) is 14.0. The standard InChI is InChI=1S/C13H14FN3O2/c1-8-4-10(14)12(19-3)11(5-8)16-13(18)9-6-15-17(2)7-9/h4-7H,1-3H3,(H,16,18). The van der Waals surface area contributed by atoms with Crippen molar-refractivity contribution in [1.82, 2.24) is 9.78 Å². The minimum absolute atomic E-state index is 0.0165. The maximum absolute atomic E-state index is 13.7. The van der Waals surface area contributed by atoms with Crippen LogP contribution in [0, 0.1) is 12.7 Å². The Labute approximate surface area is 110 Å². The van der Waals surface area contributed by atoms with Crippen LogP contribution in [0.4, 0.5) is 10.1 Å². The van der Waals surface area contributed by atoms with Gasteiger partial charge in [0.1, 0.15) is 0 Å². The molecule has 2 aromatic rings. The fourth-order valence-electron chi connectivity index (χ4n) is 1.76. The Kier molecular flexibility index (Phi) is 3.50. The summed E-state index contributed by atoms with van der Waals surface area (Å²) in [6.45, 7) is 1.74. The van der Waals surface area contributed by atoms with E-state index in [9.17, 15) is 9.18 Å². The maximum atomic E-state index is 13.7. The van der Waals surface area contributed by atoms with Crippen LogP contribution in [0.1, 0.15) is 15.9 Å². The first-order valence-electron chi connectivity index (χ1n) is 5.65. The summed E-state index contributed by atoms with van der Waals surface area (Å²) >= 11 is 0. The van der Waals surface area contributed by atoms with Gasteiger partial charge in [-0.2, -0.15) is 5.10 Å². The number of rotatable bonds is 3. The van der Waals surface area contributed by atoms with Crippen molar-refractivity contribution in [3.8, 4) is 5.75 Å². The average molecular weight is 263 g/mol. The molecule has 19 heavy (non-hydrogen) atoms. The summed E-state index contributed by atoms with van der Waals surface area (Å²) in [5, 5.41) is 6.52. The summed E-state index contributed by atoms with van der Waals surface area (Å²) in [4.78, 5) is 12.0. The van der Waals surface area contributed by atoms with Crippen molar-refractivity contribution in [2.75, 3.05) is 12.4 Å². The van der Waals surface area contributed by atoms with Crippen LogP contribution in [-0.2, 0) is 7.05 Å². The summed E-state index contributed by atoms with van der Waals surface area (Å²) in [6, 6.07) is 2.99. The highest BCUT2D eigenvalue weighted by molar-refractivity contribution is 6.04. The first-order valence-corrected chi connectivity index (χ1v) is 5.65. The highest BCUT2D eigenvalue weighted by Crippen LogP contribution is 2.29. The fourth-order valence-corrected chi connectivity index (χ4v) is 1.76. The van der Waals surface area contributed by atoms with Crippen molar-refractivity contribution in [3.05, 3.63) is 41.5 Å². The molecule has 0 saturated carbocycles. The van der Waals surface area contributed by atoms with Crippen LogP contribution < -0.4 is 10.1 Å². The number of carbonyl (C=O) groups is 1. The first-order chi connectivity index (χ1) is 9.01. The monoisotopic (exact) mass is 263 g/mol. The number of aryl methyl sites for hydroxylation is 2. The van der Waals surface area contributed by atoms with Gasteiger partial charge in [-0.25, -0.2) is 4.39 Å². The fraction of sp³-hybridized carbons (Fsp3) is 0.231. The van der Waals surface area contributed by atoms with Crippen molar-refractivity contribution >= 4 is 11.6 Å². The van der Waals surface area contributed by atoms with Crippen molar-refractivity contribution in [2.24, 2.45) is 7.05 Å². The van der Waals surface area contributed by atoms with Gasteiger partial charge in [0.25, 0.3) is 5.91 Å². The number of ether oxygens (including phenoxy) is 1. The molecule has 0 aliphatic carbocycles. The third-order valence-corrected chi connectivity index (χ3v) is 2.61. The number of halogens is 1. The summed E-state index contributed by atoms with van der Waals surface area (Å²) in [5.74, 6) is -0.858. The van der Waals surface area contributed by atoms with E-state index in [4.69, 9.17) is 4.74 Å². The number of hydrogen-bond acceptors (Lipinski definition) is 3. The Bertz CT molecular complexity index is 622. The average Bonchev–Trinajstić information content (AvgIpc) is 2.75. The molecule has 0 aliphatic heterocycles. The highest BCUT2D eigenvalue weighted by atomic mass is 19.1. The predicted molar refractivity (Wildman–Crippen MR) is 68.9 cm³/mol. The molecule has 0 bridgehead atoms. The Morgan fingerprint density at radius 1 is 1.47 bits per heavy atom. The minimum atomic E-state index is -0.510. The van der Waals surface area contributed by atoms with Gasteiger partial charge < -0.3 is 10.1 Å². The molecule has 1 aromatic heterocycles. The molecule has 0 radical (unpaired) electrons. The van der Waals surface area contributed by atoms with Crippen molar-refractivity contribution in [1.29, 1.82) is 0 Å². The van der Waals surface area contributed by atoms with E-state index >= 15 is 0 Å². The van der Waals surface area contributed by atoms with E-state index < -0.39 is 5.82 Å². The first kappa shape index (κ1) is 13.1. The van der Waals surface area contributed by atoms with Crippen LogP contribution in [0.5, 0.6) is 5.75 Å². The zero-order valence-electron chi connectivity index (χ0n) is 10.9. The number of nitrogens with zero attached hydrogens (tertiary/aromatic N) is 2. The molecule has 0 unspecified atom stereocenters. The largest absolute Gasteiger partial charge is 0.492 e. The lowest BCUT2D eigenvalue weighted by atomic mass is 10.2. The molecular weight excluding hydrogens is 249 g/mol. The van der Waals surface area contributed by atoms with Gasteiger partial charge in [-0.15, -0.1) is 0 Å². The molecule has 1 N–H and O–H groups in total. The van der Waals surface area contributed by atoms with Gasteiger partial charge >= 0.3 is 0 Å². The van der Waals surface area contributed by atoms with Crippen LogP contribution >= 0.6 is 0 Å². The Hall–Kier alpha value is -2.37. The second-order valence-electron chi connectivity index (χ2n) is 4.18. The van der Waals surface area contributed by atoms with E-state index in [0.717, 1.165) is 0 Å². The molecular formula is C13H14FN3O2. The number of carbonyl (C=O) groups excluding carboxylic acids is 1. The third-order valence-electron chi connectivity index (χ3n) is 2.61. The molecule has 6 heteroatoms. The van der Waals surface area contributed by atoms with E-state index in [1.54, 1.807) is 26.2 Å². The van der Waals surface area contributed by atoms with Gasteiger partial charge in [0.2, 0.25) is 0 Å². The van der Waals surface area contributed by atoms with Crippen LogP contribution in [0.15, 0.2) is 24.5 Å². The molecule has 2 rings (SSSR count). The van der Waals surface area contributed by atoms with Gasteiger partial charge in [0.05, 0.1) is 24.6 Å². The van der Waals surface area contributed by atoms with Crippen LogP contribution in [-0.4, -0.2) is 22.8 Å². The third kappa shape index (κ3) is 2.73. The van der Waals surface area contributed by atoms with E-state index in [1.807, 2.05) is 0 Å². The van der Waals surface area contributed by atoms with E-state index in [1.165, 1.54) is 24.1 Å². The summed E-state index contributed by atoms with van der Waals surface area (Å²) < 4.78 is 20.2. The Balaban J connectivity index is 2.30. The molecule has 0 spiro atoms. The van der Waals surface area contributed by atoms with Gasteiger partial charge in [-0.3, -0.25) is 9.48 Å². The second kappa shape index (κ2) is 5.09. The normalized spacial score (nSPS) is 10.3. The number of aromatic nitrogens is 2. The highest BCUT2D eigenvalue weighted by Gasteiger charge is 2.15. The zero-order valence-corrected chi connectivity index (χ0v) is 10.9. The number of anilines is 1. The lowest BCUT2D eigenvalue weighted by Crippen LogP contribution is -2.12. The number of benzene rings is 1. The van der Waals surface area contributed by atoms with Gasteiger partial charge in [0, 0.05) is 13.2 Å². The van der Waals surface area contributed by atoms with Crippen LogP contribution in [0.3, 0.4) is 0 Å². The predicted octanol–water partition coefficient (Wildman–Crippen LogP) is 2.13. The van der Waals surface area contributed by atoms with E-state index in [2.05, 4.69) is 10.4 Å². The number of hydrogen-bond donors (Lipinski definition) is 1. The number of amides is 1. The molecule has 1 heterocycles. The molecule has 5 nitrogen and oxygen atoms in total. The topological polar surface area (TPSA) is 56.1 Å². The molecule has 0 aliphatic rings. The van der Waals surface area contributed by atoms with Crippen molar-refractivity contribution < 1.29 is 13.9 Å². The minimum Gasteiger partial charge on any atom is -0.492 e. The molecule has 0 atom stereocenters. The smallest absolute Gasteiger partial charge is 0.258 e. The quantitative estimate of drug-likeness (QED) is 0.923. The molecule has 0 fully saturated rings. The van der Waals surface area contributed by atoms with Gasteiger partial charge in [-0.1, -0.05) is 0 Å². The van der Waals surface area contributed by atoms with Gasteiger partial charge in [-0.05, 0) is 24.6 Å². The van der Waals surface area contributed by atoms with E-state index in [-0.39, 0.29) is 11.7 Å². The summed E-state index contributed by atoms with van der Waals surface area (Å²) in [5.41, 5.74) is 1.39. The molecule has 1 aromatic carbocycles. The second-order valence-corrected chi connectivity index (χ2v) is 4.18. The molecule has 1 amide bonds. The molecule has 0 saturated heterocycles. The van der Waals surface area contributed by atoms with Crippen LogP contribution in [0.25, 0.3) is 0 Å². The lowest BCUT2D eigenvalue weighted by Gasteiger charge is -2.11. The Morgan fingerprint density at radius 2 is 2.21 bits per heavy atom. The summed E-state index contributed by atoms with van der Waals surface area (Å²) in [6.07, 6.45) is 3.02. The maximum Gasteiger partial charge on any atom is 0.258 e. The molecule has 100 valence electrons. The number of methoxy groups -OCH3 is 1. The SMILES string of the molecule is COc1c(F)cc(C)cc1NC(=O)c1cnn(C)c1. The summed E-state index contributed by atoms with van der Waals surface area (Å²) in [7, 11) is 3.07. The van der Waals surface area contributed by atoms with Crippen molar-refractivity contribution in [2.45, 2.75) is 6.92 Å².